The van der Waals surface area contributed by atoms with E-state index in [9.17, 15) is 14.4 Å². The number of benzene rings is 1. The lowest BCUT2D eigenvalue weighted by Gasteiger charge is -2.14. The minimum atomic E-state index is -1.07. The molecule has 124 valence electrons. The van der Waals surface area contributed by atoms with Crippen LogP contribution in [0.1, 0.15) is 34.7 Å². The third-order valence-corrected chi connectivity index (χ3v) is 3.38. The maximum absolute atomic E-state index is 12.2. The number of esters is 1. The molecular formula is C17H15ClN2O4. The van der Waals surface area contributed by atoms with E-state index >= 15 is 0 Å². The van der Waals surface area contributed by atoms with Gasteiger partial charge in [-0.05, 0) is 38.1 Å². The highest BCUT2D eigenvalue weighted by atomic mass is 35.5. The van der Waals surface area contributed by atoms with E-state index in [2.05, 4.69) is 10.3 Å². The molecule has 0 saturated carbocycles. The van der Waals surface area contributed by atoms with Gasteiger partial charge in [-0.25, -0.2) is 9.78 Å². The number of nitrogens with zero attached hydrogens (tertiary/aromatic N) is 1. The molecule has 0 fully saturated rings. The normalized spacial score (nSPS) is 11.5. The molecule has 0 aliphatic rings. The molecule has 1 N–H and O–H groups in total. The van der Waals surface area contributed by atoms with Gasteiger partial charge < -0.3 is 10.1 Å². The Morgan fingerprint density at radius 1 is 1.21 bits per heavy atom. The number of carbonyl (C=O) groups is 3. The summed E-state index contributed by atoms with van der Waals surface area (Å²) < 4.78 is 5.07. The average Bonchev–Trinajstić information content (AvgIpc) is 2.55. The Balaban J connectivity index is 2.05. The van der Waals surface area contributed by atoms with Gasteiger partial charge in [-0.1, -0.05) is 23.7 Å². The Bertz CT molecular complexity index is 792. The number of ether oxygens (including phenoxy) is 1. The number of anilines is 1. The van der Waals surface area contributed by atoms with Crippen LogP contribution >= 0.6 is 11.6 Å². The first-order chi connectivity index (χ1) is 11.4. The molecule has 2 rings (SSSR count). The van der Waals surface area contributed by atoms with Crippen molar-refractivity contribution in [2.75, 3.05) is 5.32 Å². The van der Waals surface area contributed by atoms with Gasteiger partial charge in [-0.3, -0.25) is 9.59 Å². The van der Waals surface area contributed by atoms with E-state index in [-0.39, 0.29) is 11.5 Å². The second-order valence-corrected chi connectivity index (χ2v) is 5.43. The molecule has 0 radical (unpaired) electrons. The van der Waals surface area contributed by atoms with Crippen molar-refractivity contribution in [3.05, 3.63) is 58.9 Å². The van der Waals surface area contributed by atoms with Crippen LogP contribution in [-0.4, -0.2) is 28.7 Å². The van der Waals surface area contributed by atoms with Gasteiger partial charge in [0.25, 0.3) is 5.91 Å². The highest BCUT2D eigenvalue weighted by Gasteiger charge is 2.21. The summed E-state index contributed by atoms with van der Waals surface area (Å²) >= 11 is 5.78. The zero-order valence-corrected chi connectivity index (χ0v) is 13.8. The molecule has 0 unspecified atom stereocenters. The van der Waals surface area contributed by atoms with Crippen molar-refractivity contribution in [3.8, 4) is 0 Å². The summed E-state index contributed by atoms with van der Waals surface area (Å²) in [5, 5.41) is 2.91. The average molecular weight is 347 g/mol. The number of amides is 1. The number of pyridine rings is 1. The van der Waals surface area contributed by atoms with Crippen LogP contribution in [0, 0.1) is 0 Å². The third-order valence-electron chi connectivity index (χ3n) is 3.15. The van der Waals surface area contributed by atoms with Gasteiger partial charge in [-0.15, -0.1) is 0 Å². The Morgan fingerprint density at radius 3 is 2.58 bits per heavy atom. The Kier molecular flexibility index (Phi) is 5.65. The maximum Gasteiger partial charge on any atom is 0.357 e. The van der Waals surface area contributed by atoms with E-state index in [1.807, 2.05) is 0 Å². The highest BCUT2D eigenvalue weighted by Crippen LogP contribution is 2.16. The minimum absolute atomic E-state index is 0.00582. The van der Waals surface area contributed by atoms with E-state index < -0.39 is 18.0 Å². The fourth-order valence-corrected chi connectivity index (χ4v) is 2.08. The molecule has 6 nitrogen and oxygen atoms in total. The molecule has 0 spiro atoms. The van der Waals surface area contributed by atoms with Crippen molar-refractivity contribution >= 4 is 34.9 Å². The summed E-state index contributed by atoms with van der Waals surface area (Å²) in [5.41, 5.74) is 0.742. The predicted octanol–water partition coefficient (Wildman–Crippen LogP) is 3.12. The number of aromatic nitrogens is 1. The van der Waals surface area contributed by atoms with Gasteiger partial charge in [0.1, 0.15) is 5.69 Å². The molecule has 0 saturated heterocycles. The molecule has 0 bridgehead atoms. The first kappa shape index (κ1) is 17.6. The number of para-hydroxylation sites is 1. The van der Waals surface area contributed by atoms with Crippen LogP contribution in [-0.2, 0) is 9.53 Å². The van der Waals surface area contributed by atoms with Crippen LogP contribution in [0.3, 0.4) is 0 Å². The SMILES string of the molecule is CC(=O)c1ccccc1NC(=O)[C@@H](C)OC(=O)c1cc(Cl)ccn1. The van der Waals surface area contributed by atoms with Crippen LogP contribution in [0.15, 0.2) is 42.6 Å². The molecule has 1 atom stereocenters. The Morgan fingerprint density at radius 2 is 1.92 bits per heavy atom. The number of carbonyl (C=O) groups excluding carboxylic acids is 3. The van der Waals surface area contributed by atoms with Crippen molar-refractivity contribution in [3.63, 3.8) is 0 Å². The number of Topliss-reactive ketones (excluding diaryl/α,β-unsaturated/α-hetero) is 1. The lowest BCUT2D eigenvalue weighted by Crippen LogP contribution is -2.30. The molecule has 1 aromatic carbocycles. The summed E-state index contributed by atoms with van der Waals surface area (Å²) in [4.78, 5) is 39.5. The zero-order chi connectivity index (χ0) is 17.7. The fraction of sp³-hybridized carbons (Fsp3) is 0.176. The number of hydrogen-bond acceptors (Lipinski definition) is 5. The standard InChI is InChI=1S/C17H15ClN2O4/c1-10(21)13-5-3-4-6-14(13)20-16(22)11(2)24-17(23)15-9-12(18)7-8-19-15/h3-9,11H,1-2H3,(H,20,22)/t11-/m1/s1. The van der Waals surface area contributed by atoms with Crippen molar-refractivity contribution in [1.29, 1.82) is 0 Å². The van der Waals surface area contributed by atoms with Crippen LogP contribution in [0.25, 0.3) is 0 Å². The summed E-state index contributed by atoms with van der Waals surface area (Å²) in [5.74, 6) is -1.50. The van der Waals surface area contributed by atoms with Crippen molar-refractivity contribution in [1.82, 2.24) is 4.98 Å². The van der Waals surface area contributed by atoms with E-state index in [4.69, 9.17) is 16.3 Å². The largest absolute Gasteiger partial charge is 0.448 e. The van der Waals surface area contributed by atoms with E-state index in [1.54, 1.807) is 24.3 Å². The predicted molar refractivity (Wildman–Crippen MR) is 89.2 cm³/mol. The van der Waals surface area contributed by atoms with Crippen LogP contribution in [0.2, 0.25) is 5.02 Å². The van der Waals surface area contributed by atoms with Gasteiger partial charge >= 0.3 is 5.97 Å². The highest BCUT2D eigenvalue weighted by molar-refractivity contribution is 6.30. The van der Waals surface area contributed by atoms with E-state index in [0.29, 0.717) is 16.3 Å². The minimum Gasteiger partial charge on any atom is -0.448 e. The summed E-state index contributed by atoms with van der Waals surface area (Å²) in [7, 11) is 0. The van der Waals surface area contributed by atoms with Crippen molar-refractivity contribution in [2.24, 2.45) is 0 Å². The van der Waals surface area contributed by atoms with Crippen molar-refractivity contribution < 1.29 is 19.1 Å². The topological polar surface area (TPSA) is 85.4 Å². The van der Waals surface area contributed by atoms with Crippen molar-refractivity contribution in [2.45, 2.75) is 20.0 Å². The zero-order valence-electron chi connectivity index (χ0n) is 13.1. The van der Waals surface area contributed by atoms with Gasteiger partial charge in [0.2, 0.25) is 0 Å². The first-order valence-electron chi connectivity index (χ1n) is 7.12. The van der Waals surface area contributed by atoms with Gasteiger partial charge in [0.05, 0.1) is 5.69 Å². The summed E-state index contributed by atoms with van der Waals surface area (Å²) in [6, 6.07) is 9.45. The smallest absolute Gasteiger partial charge is 0.357 e. The monoisotopic (exact) mass is 346 g/mol. The van der Waals surface area contributed by atoms with Gasteiger partial charge in [-0.2, -0.15) is 0 Å². The molecule has 1 amide bonds. The van der Waals surface area contributed by atoms with E-state index in [0.717, 1.165) is 0 Å². The molecule has 0 aliphatic carbocycles. The second kappa shape index (κ2) is 7.70. The molecular weight excluding hydrogens is 332 g/mol. The molecule has 1 aromatic heterocycles. The molecule has 24 heavy (non-hydrogen) atoms. The summed E-state index contributed by atoms with van der Waals surface area (Å²) in [6.45, 7) is 2.83. The quantitative estimate of drug-likeness (QED) is 0.664. The molecule has 0 aliphatic heterocycles. The first-order valence-corrected chi connectivity index (χ1v) is 7.49. The molecule has 1 heterocycles. The maximum atomic E-state index is 12.2. The number of rotatable bonds is 5. The third kappa shape index (κ3) is 4.39. The number of halogens is 1. The number of nitrogens with one attached hydrogen (secondary N) is 1. The fourth-order valence-electron chi connectivity index (χ4n) is 1.92. The number of ketones is 1. The molecule has 2 aromatic rings. The lowest BCUT2D eigenvalue weighted by molar-refractivity contribution is -0.123. The van der Waals surface area contributed by atoms with Crippen LogP contribution in [0.5, 0.6) is 0 Å². The second-order valence-electron chi connectivity index (χ2n) is 5.00. The van der Waals surface area contributed by atoms with E-state index in [1.165, 1.54) is 32.2 Å². The summed E-state index contributed by atoms with van der Waals surface area (Å²) in [6.07, 6.45) is 0.297. The number of hydrogen-bond donors (Lipinski definition) is 1. The van der Waals surface area contributed by atoms with Gasteiger partial charge in [0, 0.05) is 16.8 Å². The lowest BCUT2D eigenvalue weighted by atomic mass is 10.1. The van der Waals surface area contributed by atoms with Gasteiger partial charge in [0.15, 0.2) is 11.9 Å². The van der Waals surface area contributed by atoms with Crippen LogP contribution < -0.4 is 5.32 Å². The molecule has 7 heteroatoms. The van der Waals surface area contributed by atoms with Crippen LogP contribution in [0.4, 0.5) is 5.69 Å². The Hall–Kier alpha value is -2.73. The Labute approximate surface area is 143 Å².